The molecular formula is C16H22N4O5S. The molecule has 10 heteroatoms. The first-order chi connectivity index (χ1) is 12.4. The molecule has 2 unspecified atom stereocenters. The van der Waals surface area contributed by atoms with Gasteiger partial charge in [0, 0.05) is 31.3 Å². The summed E-state index contributed by atoms with van der Waals surface area (Å²) in [6.45, 7) is 1.82. The maximum atomic E-state index is 12.9. The van der Waals surface area contributed by atoms with Crippen LogP contribution in [0.2, 0.25) is 0 Å². The maximum Gasteiger partial charge on any atom is 0.270 e. The smallest absolute Gasteiger partial charge is 0.270 e. The van der Waals surface area contributed by atoms with Crippen LogP contribution in [0.5, 0.6) is 0 Å². The zero-order valence-electron chi connectivity index (χ0n) is 14.3. The van der Waals surface area contributed by atoms with E-state index in [4.69, 9.17) is 0 Å². The van der Waals surface area contributed by atoms with Crippen molar-refractivity contribution in [1.82, 2.24) is 14.9 Å². The molecule has 142 valence electrons. The Kier molecular flexibility index (Phi) is 5.54. The molecule has 0 aliphatic carbocycles. The van der Waals surface area contributed by atoms with Crippen LogP contribution in [-0.2, 0) is 14.8 Å². The summed E-state index contributed by atoms with van der Waals surface area (Å²) in [5, 5.41) is 17.1. The first-order valence-electron chi connectivity index (χ1n) is 8.67. The van der Waals surface area contributed by atoms with Gasteiger partial charge in [-0.05, 0) is 38.3 Å². The number of non-ortho nitro benzene ring substituents is 1. The van der Waals surface area contributed by atoms with Crippen molar-refractivity contribution < 1.29 is 18.1 Å². The average molecular weight is 382 g/mol. The summed E-state index contributed by atoms with van der Waals surface area (Å²) >= 11 is 0. The van der Waals surface area contributed by atoms with Gasteiger partial charge in [0.15, 0.2) is 0 Å². The number of amides is 1. The Balaban J connectivity index is 1.78. The third kappa shape index (κ3) is 3.87. The van der Waals surface area contributed by atoms with Gasteiger partial charge in [-0.15, -0.1) is 0 Å². The second-order valence-corrected chi connectivity index (χ2v) is 8.47. The Morgan fingerprint density at radius 2 is 2.12 bits per heavy atom. The van der Waals surface area contributed by atoms with E-state index < -0.39 is 21.0 Å². The lowest BCUT2D eigenvalue weighted by Gasteiger charge is -2.28. The molecule has 0 saturated carbocycles. The van der Waals surface area contributed by atoms with Gasteiger partial charge in [0.25, 0.3) is 5.69 Å². The van der Waals surface area contributed by atoms with Crippen molar-refractivity contribution in [2.75, 3.05) is 19.6 Å². The number of hydrogen-bond donors (Lipinski definition) is 2. The van der Waals surface area contributed by atoms with E-state index in [0.29, 0.717) is 19.4 Å². The minimum absolute atomic E-state index is 0.000725. The van der Waals surface area contributed by atoms with Crippen LogP contribution in [-0.4, -0.2) is 55.3 Å². The van der Waals surface area contributed by atoms with Crippen molar-refractivity contribution in [3.05, 3.63) is 34.4 Å². The Labute approximate surface area is 152 Å². The van der Waals surface area contributed by atoms with Gasteiger partial charge in [-0.3, -0.25) is 14.9 Å². The molecule has 2 aliphatic rings. The van der Waals surface area contributed by atoms with Crippen LogP contribution in [0.3, 0.4) is 0 Å². The highest BCUT2D eigenvalue weighted by molar-refractivity contribution is 7.89. The van der Waals surface area contributed by atoms with Gasteiger partial charge in [0.1, 0.15) is 6.04 Å². The van der Waals surface area contributed by atoms with Crippen molar-refractivity contribution in [1.29, 1.82) is 0 Å². The number of piperidine rings is 1. The molecule has 2 heterocycles. The fraction of sp³-hybridized carbons (Fsp3) is 0.562. The van der Waals surface area contributed by atoms with Gasteiger partial charge in [-0.1, -0.05) is 6.07 Å². The van der Waals surface area contributed by atoms with Crippen LogP contribution >= 0.6 is 0 Å². The SMILES string of the molecule is O=C(NC1CCCNC1)C1CCCN1S(=O)(=O)c1cccc([N+](=O)[O-])c1. The summed E-state index contributed by atoms with van der Waals surface area (Å²) in [6, 6.07) is 4.15. The Morgan fingerprint density at radius 1 is 1.31 bits per heavy atom. The third-order valence-electron chi connectivity index (χ3n) is 4.78. The Bertz CT molecular complexity index is 792. The van der Waals surface area contributed by atoms with E-state index in [2.05, 4.69) is 10.6 Å². The molecule has 2 N–H and O–H groups in total. The van der Waals surface area contributed by atoms with Crippen LogP contribution in [0.25, 0.3) is 0 Å². The molecule has 2 aliphatic heterocycles. The highest BCUT2D eigenvalue weighted by Crippen LogP contribution is 2.28. The minimum atomic E-state index is -3.98. The van der Waals surface area contributed by atoms with Crippen molar-refractivity contribution in [3.8, 4) is 0 Å². The molecule has 0 radical (unpaired) electrons. The first-order valence-corrected chi connectivity index (χ1v) is 10.1. The number of nitro groups is 1. The van der Waals surface area contributed by atoms with E-state index in [1.54, 1.807) is 0 Å². The fourth-order valence-corrected chi connectivity index (χ4v) is 5.15. The van der Waals surface area contributed by atoms with Crippen LogP contribution in [0, 0.1) is 10.1 Å². The molecule has 0 spiro atoms. The van der Waals surface area contributed by atoms with Gasteiger partial charge in [-0.2, -0.15) is 4.31 Å². The van der Waals surface area contributed by atoms with E-state index in [9.17, 15) is 23.3 Å². The normalized spacial score (nSPS) is 24.3. The lowest BCUT2D eigenvalue weighted by Crippen LogP contribution is -2.52. The average Bonchev–Trinajstić information content (AvgIpc) is 3.13. The highest BCUT2D eigenvalue weighted by atomic mass is 32.2. The number of hydrogen-bond acceptors (Lipinski definition) is 6. The largest absolute Gasteiger partial charge is 0.351 e. The quantitative estimate of drug-likeness (QED) is 0.569. The van der Waals surface area contributed by atoms with E-state index in [1.807, 2.05) is 0 Å². The Morgan fingerprint density at radius 3 is 2.81 bits per heavy atom. The van der Waals surface area contributed by atoms with Gasteiger partial charge in [-0.25, -0.2) is 8.42 Å². The van der Waals surface area contributed by atoms with E-state index in [0.717, 1.165) is 29.8 Å². The summed E-state index contributed by atoms with van der Waals surface area (Å²) in [5.41, 5.74) is -0.292. The second kappa shape index (κ2) is 7.68. The molecule has 1 amide bonds. The van der Waals surface area contributed by atoms with Gasteiger partial charge < -0.3 is 10.6 Å². The molecule has 9 nitrogen and oxygen atoms in total. The van der Waals surface area contributed by atoms with Crippen molar-refractivity contribution in [3.63, 3.8) is 0 Å². The van der Waals surface area contributed by atoms with Gasteiger partial charge in [0.2, 0.25) is 15.9 Å². The molecule has 2 saturated heterocycles. The second-order valence-electron chi connectivity index (χ2n) is 6.58. The number of benzene rings is 1. The lowest BCUT2D eigenvalue weighted by atomic mass is 10.1. The van der Waals surface area contributed by atoms with Gasteiger partial charge in [0.05, 0.1) is 9.82 Å². The number of nitro benzene ring substituents is 1. The number of nitrogens with one attached hydrogen (secondary N) is 2. The molecule has 26 heavy (non-hydrogen) atoms. The van der Waals surface area contributed by atoms with Crippen LogP contribution < -0.4 is 10.6 Å². The van der Waals surface area contributed by atoms with E-state index in [1.165, 1.54) is 18.2 Å². The molecule has 2 fully saturated rings. The molecule has 1 aromatic rings. The highest BCUT2D eigenvalue weighted by Gasteiger charge is 2.40. The minimum Gasteiger partial charge on any atom is -0.351 e. The number of rotatable bonds is 5. The van der Waals surface area contributed by atoms with Crippen LogP contribution in [0.15, 0.2) is 29.2 Å². The molecular weight excluding hydrogens is 360 g/mol. The monoisotopic (exact) mass is 382 g/mol. The predicted octanol–water partition coefficient (Wildman–Crippen LogP) is 0.616. The maximum absolute atomic E-state index is 12.9. The van der Waals surface area contributed by atoms with Crippen molar-refractivity contribution in [2.24, 2.45) is 0 Å². The predicted molar refractivity (Wildman–Crippen MR) is 94.0 cm³/mol. The molecule has 0 bridgehead atoms. The van der Waals surface area contributed by atoms with Gasteiger partial charge >= 0.3 is 0 Å². The number of carbonyl (C=O) groups excluding carboxylic acids is 1. The number of nitrogens with zero attached hydrogens (tertiary/aromatic N) is 2. The van der Waals surface area contributed by atoms with Crippen LogP contribution in [0.4, 0.5) is 5.69 Å². The molecule has 0 aromatic heterocycles. The summed E-state index contributed by atoms with van der Waals surface area (Å²) in [4.78, 5) is 22.7. The fourth-order valence-electron chi connectivity index (χ4n) is 3.46. The zero-order chi connectivity index (χ0) is 18.7. The third-order valence-corrected chi connectivity index (χ3v) is 6.69. The van der Waals surface area contributed by atoms with Crippen molar-refractivity contribution in [2.45, 2.75) is 42.7 Å². The molecule has 1 aromatic carbocycles. The number of sulfonamides is 1. The van der Waals surface area contributed by atoms with E-state index >= 15 is 0 Å². The standard InChI is InChI=1S/C16H22N4O5S/c21-16(18-12-4-2-8-17-11-12)15-7-3-9-19(15)26(24,25)14-6-1-5-13(10-14)20(22)23/h1,5-6,10,12,15,17H,2-4,7-9,11H2,(H,18,21). The molecule has 3 rings (SSSR count). The summed E-state index contributed by atoms with van der Waals surface area (Å²) < 4.78 is 27.0. The summed E-state index contributed by atoms with van der Waals surface area (Å²) in [7, 11) is -3.98. The topological polar surface area (TPSA) is 122 Å². The zero-order valence-corrected chi connectivity index (χ0v) is 15.1. The van der Waals surface area contributed by atoms with Crippen LogP contribution in [0.1, 0.15) is 25.7 Å². The van der Waals surface area contributed by atoms with E-state index in [-0.39, 0.29) is 29.1 Å². The Hall–Kier alpha value is -2.04. The summed E-state index contributed by atoms with van der Waals surface area (Å²) in [5.74, 6) is -0.301. The molecule has 2 atom stereocenters. The number of carbonyl (C=O) groups is 1. The first kappa shape index (κ1) is 18.7. The summed E-state index contributed by atoms with van der Waals surface area (Å²) in [6.07, 6.45) is 2.85. The van der Waals surface area contributed by atoms with Crippen molar-refractivity contribution >= 4 is 21.6 Å². The lowest BCUT2D eigenvalue weighted by molar-refractivity contribution is -0.385.